The number of aromatic nitrogens is 1. The van der Waals surface area contributed by atoms with Crippen LogP contribution in [0.5, 0.6) is 17.2 Å². The van der Waals surface area contributed by atoms with Crippen LogP contribution in [0.3, 0.4) is 0 Å². The summed E-state index contributed by atoms with van der Waals surface area (Å²) in [6.45, 7) is -2.40. The van der Waals surface area contributed by atoms with Crippen LogP contribution in [0.4, 0.5) is 8.78 Å². The summed E-state index contributed by atoms with van der Waals surface area (Å²) in [5.74, 6) is -0.0940. The summed E-state index contributed by atoms with van der Waals surface area (Å²) < 4.78 is 54.5. The highest BCUT2D eigenvalue weighted by molar-refractivity contribution is 9.09. The normalized spacial score (nSPS) is 14.9. The molecule has 0 saturated heterocycles. The lowest BCUT2D eigenvalue weighted by Gasteiger charge is -2.22. The van der Waals surface area contributed by atoms with Crippen LogP contribution in [0.2, 0.25) is 10.0 Å². The van der Waals surface area contributed by atoms with Gasteiger partial charge in [0, 0.05) is 17.5 Å². The molecule has 246 valence electrons. The van der Waals surface area contributed by atoms with E-state index >= 15 is 0 Å². The first-order chi connectivity index (χ1) is 22.1. The highest BCUT2D eigenvalue weighted by Gasteiger charge is 2.28. The molecule has 1 unspecified atom stereocenters. The SMILES string of the molecule is O=C(CBr)OCc1cc(C(=O)OC(Cc2c(Cl)c[n+]([O-])cc2Cl)c2ccc(OC(F)F)c(OCC3CC3)c2)ccc1OCC1CC1. The van der Waals surface area contributed by atoms with E-state index in [2.05, 4.69) is 20.7 Å². The minimum atomic E-state index is -3.08. The summed E-state index contributed by atoms with van der Waals surface area (Å²) in [6.07, 6.45) is 5.20. The maximum atomic E-state index is 13.6. The molecule has 0 N–H and O–H groups in total. The smallest absolute Gasteiger partial charge is 0.387 e. The van der Waals surface area contributed by atoms with Crippen LogP contribution in [0.25, 0.3) is 0 Å². The lowest BCUT2D eigenvalue weighted by molar-refractivity contribution is -0.605. The third kappa shape index (κ3) is 9.59. The van der Waals surface area contributed by atoms with E-state index in [1.54, 1.807) is 6.07 Å². The second kappa shape index (κ2) is 15.5. The van der Waals surface area contributed by atoms with Gasteiger partial charge in [0.25, 0.3) is 0 Å². The van der Waals surface area contributed by atoms with Crippen LogP contribution in [0.1, 0.15) is 58.8 Å². The van der Waals surface area contributed by atoms with Crippen molar-refractivity contribution in [2.24, 2.45) is 11.8 Å². The Hall–Kier alpha value is -3.35. The topological polar surface area (TPSA) is 107 Å². The molecule has 14 heteroatoms. The molecule has 0 radical (unpaired) electrons. The Morgan fingerprint density at radius 3 is 2.17 bits per heavy atom. The molecule has 1 heterocycles. The molecule has 0 amide bonds. The molecule has 0 aliphatic heterocycles. The molecule has 2 aliphatic carbocycles. The molecule has 5 rings (SSSR count). The van der Waals surface area contributed by atoms with Crippen molar-refractivity contribution in [1.82, 2.24) is 0 Å². The predicted molar refractivity (Wildman–Crippen MR) is 167 cm³/mol. The van der Waals surface area contributed by atoms with Crippen LogP contribution in [-0.4, -0.2) is 37.1 Å². The highest BCUT2D eigenvalue weighted by Crippen LogP contribution is 2.38. The number of carbonyl (C=O) groups is 2. The molecule has 46 heavy (non-hydrogen) atoms. The van der Waals surface area contributed by atoms with Crippen molar-refractivity contribution in [3.05, 3.63) is 86.3 Å². The van der Waals surface area contributed by atoms with E-state index in [1.165, 1.54) is 30.3 Å². The number of hydrogen-bond acceptors (Lipinski definition) is 8. The Labute approximate surface area is 282 Å². The molecular weight excluding hydrogens is 715 g/mol. The van der Waals surface area contributed by atoms with Gasteiger partial charge in [-0.05, 0) is 73.4 Å². The highest BCUT2D eigenvalue weighted by atomic mass is 79.9. The molecule has 0 spiro atoms. The van der Waals surface area contributed by atoms with E-state index < -0.39 is 24.7 Å². The van der Waals surface area contributed by atoms with Crippen molar-refractivity contribution in [2.45, 2.75) is 51.4 Å². The largest absolute Gasteiger partial charge is 0.619 e. The summed E-state index contributed by atoms with van der Waals surface area (Å²) in [6, 6.07) is 8.92. The Morgan fingerprint density at radius 1 is 0.935 bits per heavy atom. The summed E-state index contributed by atoms with van der Waals surface area (Å²) in [5.41, 5.74) is 1.31. The van der Waals surface area contributed by atoms with Gasteiger partial charge in [-0.2, -0.15) is 13.5 Å². The van der Waals surface area contributed by atoms with E-state index in [-0.39, 0.29) is 45.5 Å². The molecular formula is C32H30BrCl2F2NO8. The maximum Gasteiger partial charge on any atom is 0.387 e. The molecule has 2 aliphatic rings. The Morgan fingerprint density at radius 2 is 1.57 bits per heavy atom. The van der Waals surface area contributed by atoms with E-state index in [0.717, 1.165) is 38.1 Å². The van der Waals surface area contributed by atoms with Crippen LogP contribution in [0, 0.1) is 17.0 Å². The average molecular weight is 745 g/mol. The maximum absolute atomic E-state index is 13.6. The zero-order chi connectivity index (χ0) is 32.8. The molecule has 0 bridgehead atoms. The van der Waals surface area contributed by atoms with E-state index in [9.17, 15) is 23.6 Å². The van der Waals surface area contributed by atoms with Crippen LogP contribution in [0.15, 0.2) is 48.8 Å². The third-order valence-corrected chi connectivity index (χ3v) is 8.50. The third-order valence-electron chi connectivity index (χ3n) is 7.39. The van der Waals surface area contributed by atoms with Gasteiger partial charge in [0.05, 0.1) is 18.8 Å². The number of esters is 2. The van der Waals surface area contributed by atoms with Crippen molar-refractivity contribution >= 4 is 51.1 Å². The number of nitrogens with zero attached hydrogens (tertiary/aromatic N) is 1. The Kier molecular flexibility index (Phi) is 11.5. The molecule has 9 nitrogen and oxygen atoms in total. The second-order valence-electron chi connectivity index (χ2n) is 11.1. The number of pyridine rings is 1. The van der Waals surface area contributed by atoms with Gasteiger partial charge in [0.2, 0.25) is 0 Å². The number of carbonyl (C=O) groups excluding carboxylic acids is 2. The number of halogens is 5. The summed E-state index contributed by atoms with van der Waals surface area (Å²) in [7, 11) is 0. The van der Waals surface area contributed by atoms with Gasteiger partial charge in [-0.15, -0.1) is 0 Å². The van der Waals surface area contributed by atoms with Gasteiger partial charge < -0.3 is 28.9 Å². The number of hydrogen-bond donors (Lipinski definition) is 0. The zero-order valence-corrected chi connectivity index (χ0v) is 27.5. The molecule has 2 saturated carbocycles. The first-order valence-corrected chi connectivity index (χ1v) is 16.4. The van der Waals surface area contributed by atoms with Gasteiger partial charge in [0.1, 0.15) is 33.8 Å². The number of ether oxygens (including phenoxy) is 5. The first-order valence-electron chi connectivity index (χ1n) is 14.6. The lowest BCUT2D eigenvalue weighted by atomic mass is 10.0. The first kappa shape index (κ1) is 34.0. The number of rotatable bonds is 16. The predicted octanol–water partition coefficient (Wildman–Crippen LogP) is 7.38. The minimum Gasteiger partial charge on any atom is -0.619 e. The Balaban J connectivity index is 1.45. The molecule has 2 fully saturated rings. The fraction of sp³-hybridized carbons (Fsp3) is 0.406. The standard InChI is InChI=1S/C32H30BrCl2F2NO8/c33-12-30(39)44-17-22-9-21(6-7-26(22)42-15-18-1-2-18)31(40)45-28(11-23-24(34)13-38(41)14-25(23)35)20-5-8-27(46-32(36)37)29(10-20)43-16-19-3-4-19/h5-10,13-14,18-19,28,32H,1-4,11-12,15-17H2. The minimum absolute atomic E-state index is 0.000865. The van der Waals surface area contributed by atoms with Crippen LogP contribution in [-0.2, 0) is 27.3 Å². The molecule has 1 atom stereocenters. The number of benzene rings is 2. The van der Waals surface area contributed by atoms with Crippen LogP contribution < -0.4 is 18.9 Å². The lowest BCUT2D eigenvalue weighted by Crippen LogP contribution is -2.25. The summed E-state index contributed by atoms with van der Waals surface area (Å²) in [5, 5.41) is 12.0. The molecule has 3 aromatic rings. The quantitative estimate of drug-likeness (QED) is 0.0648. The molecule has 2 aromatic carbocycles. The van der Waals surface area contributed by atoms with Crippen molar-refractivity contribution in [1.29, 1.82) is 0 Å². The van der Waals surface area contributed by atoms with Gasteiger partial charge in [0.15, 0.2) is 23.9 Å². The number of alkyl halides is 3. The van der Waals surface area contributed by atoms with Gasteiger partial charge >= 0.3 is 18.6 Å². The average Bonchev–Trinajstić information content (AvgIpc) is 3.95. The van der Waals surface area contributed by atoms with Gasteiger partial charge in [-0.3, -0.25) is 4.79 Å². The summed E-state index contributed by atoms with van der Waals surface area (Å²) >= 11 is 15.8. The fourth-order valence-corrected chi connectivity index (χ4v) is 5.27. The van der Waals surface area contributed by atoms with Crippen LogP contribution >= 0.6 is 39.1 Å². The van der Waals surface area contributed by atoms with Crippen molar-refractivity contribution in [2.75, 3.05) is 18.5 Å². The zero-order valence-electron chi connectivity index (χ0n) is 24.4. The van der Waals surface area contributed by atoms with Crippen molar-refractivity contribution in [3.8, 4) is 17.2 Å². The van der Waals surface area contributed by atoms with Gasteiger partial charge in [-0.25, -0.2) is 4.79 Å². The monoisotopic (exact) mass is 743 g/mol. The fourth-order valence-electron chi connectivity index (χ4n) is 4.51. The van der Waals surface area contributed by atoms with E-state index in [4.69, 9.17) is 42.1 Å². The van der Waals surface area contributed by atoms with E-state index in [0.29, 0.717) is 52.2 Å². The van der Waals surface area contributed by atoms with E-state index in [1.807, 2.05) is 0 Å². The van der Waals surface area contributed by atoms with Gasteiger partial charge in [-0.1, -0.05) is 45.2 Å². The Bertz CT molecular complexity index is 1550. The second-order valence-corrected chi connectivity index (χ2v) is 12.5. The van der Waals surface area contributed by atoms with Crippen molar-refractivity contribution < 1.29 is 46.8 Å². The van der Waals surface area contributed by atoms with Crippen molar-refractivity contribution in [3.63, 3.8) is 0 Å². The summed E-state index contributed by atoms with van der Waals surface area (Å²) in [4.78, 5) is 25.5. The molecule has 1 aromatic heterocycles.